The number of rotatable bonds is 3. The second kappa shape index (κ2) is 6.04. The first-order valence-electron chi connectivity index (χ1n) is 6.74. The van der Waals surface area contributed by atoms with Crippen LogP contribution in [0.15, 0.2) is 10.5 Å². The van der Waals surface area contributed by atoms with Crippen LogP contribution in [-0.4, -0.2) is 24.0 Å². The second-order valence-electron chi connectivity index (χ2n) is 5.53. The smallest absolute Gasteiger partial charge is 0.0567 e. The number of piperidine rings is 1. The molecule has 102 valence electrons. The van der Waals surface area contributed by atoms with E-state index in [1.807, 2.05) is 11.3 Å². The van der Waals surface area contributed by atoms with Gasteiger partial charge in [-0.2, -0.15) is 0 Å². The van der Waals surface area contributed by atoms with Crippen LogP contribution in [0.25, 0.3) is 0 Å². The van der Waals surface area contributed by atoms with Gasteiger partial charge in [-0.05, 0) is 54.6 Å². The summed E-state index contributed by atoms with van der Waals surface area (Å²) in [5.41, 5.74) is 6.05. The number of halogens is 1. The number of aryl methyl sites for hydroxylation is 1. The van der Waals surface area contributed by atoms with E-state index in [1.165, 1.54) is 33.6 Å². The third-order valence-electron chi connectivity index (χ3n) is 3.99. The molecule has 1 aliphatic rings. The molecule has 1 aliphatic heterocycles. The van der Waals surface area contributed by atoms with E-state index in [0.717, 1.165) is 5.92 Å². The normalized spacial score (nSPS) is 27.4. The highest BCUT2D eigenvalue weighted by molar-refractivity contribution is 9.10. The fourth-order valence-electron chi connectivity index (χ4n) is 2.82. The van der Waals surface area contributed by atoms with Crippen LogP contribution in [0, 0.1) is 12.8 Å². The Morgan fingerprint density at radius 1 is 1.50 bits per heavy atom. The quantitative estimate of drug-likeness (QED) is 0.909. The lowest BCUT2D eigenvalue weighted by Gasteiger charge is -2.41. The Balaban J connectivity index is 2.21. The van der Waals surface area contributed by atoms with Crippen LogP contribution in [0.1, 0.15) is 42.5 Å². The molecule has 0 saturated carbocycles. The SMILES string of the molecule is Cc1sc(C(CN)N2CC(C)CCC2C)cc1Br. The average molecular weight is 331 g/mol. The van der Waals surface area contributed by atoms with Crippen molar-refractivity contribution in [3.05, 3.63) is 20.3 Å². The van der Waals surface area contributed by atoms with Crippen LogP contribution < -0.4 is 5.73 Å². The lowest BCUT2D eigenvalue weighted by atomic mass is 9.93. The molecule has 1 saturated heterocycles. The summed E-state index contributed by atoms with van der Waals surface area (Å²) in [5, 5.41) is 0. The summed E-state index contributed by atoms with van der Waals surface area (Å²) in [4.78, 5) is 5.36. The van der Waals surface area contributed by atoms with Gasteiger partial charge in [0.2, 0.25) is 0 Å². The van der Waals surface area contributed by atoms with Crippen molar-refractivity contribution in [1.82, 2.24) is 4.90 Å². The van der Waals surface area contributed by atoms with Crippen molar-refractivity contribution in [3.63, 3.8) is 0 Å². The molecule has 3 unspecified atom stereocenters. The largest absolute Gasteiger partial charge is 0.329 e. The molecular formula is C14H23BrN2S. The first-order valence-corrected chi connectivity index (χ1v) is 8.35. The number of nitrogens with zero attached hydrogens (tertiary/aromatic N) is 1. The topological polar surface area (TPSA) is 29.3 Å². The standard InChI is InChI=1S/C14H23BrN2S/c1-9-4-5-10(2)17(8-9)13(7-16)14-6-12(15)11(3)18-14/h6,9-10,13H,4-5,7-8,16H2,1-3H3. The highest BCUT2D eigenvalue weighted by Crippen LogP contribution is 2.36. The molecule has 0 spiro atoms. The Morgan fingerprint density at radius 2 is 2.22 bits per heavy atom. The molecule has 4 heteroatoms. The molecule has 1 aromatic rings. The Hall–Kier alpha value is 0.100. The van der Waals surface area contributed by atoms with E-state index in [-0.39, 0.29) is 0 Å². The number of likely N-dealkylation sites (tertiary alicyclic amines) is 1. The van der Waals surface area contributed by atoms with Gasteiger partial charge in [-0.25, -0.2) is 0 Å². The van der Waals surface area contributed by atoms with Crippen LogP contribution in [-0.2, 0) is 0 Å². The number of nitrogens with two attached hydrogens (primary N) is 1. The molecule has 2 heterocycles. The van der Waals surface area contributed by atoms with Gasteiger partial charge in [0.1, 0.15) is 0 Å². The van der Waals surface area contributed by atoms with Crippen LogP contribution >= 0.6 is 27.3 Å². The summed E-state index contributed by atoms with van der Waals surface area (Å²) in [5.74, 6) is 0.791. The van der Waals surface area contributed by atoms with Gasteiger partial charge in [0, 0.05) is 33.4 Å². The third-order valence-corrected chi connectivity index (χ3v) is 6.23. The zero-order valence-electron chi connectivity index (χ0n) is 11.4. The maximum Gasteiger partial charge on any atom is 0.0567 e. The average Bonchev–Trinajstić information content (AvgIpc) is 2.65. The van der Waals surface area contributed by atoms with E-state index < -0.39 is 0 Å². The first-order chi connectivity index (χ1) is 8.52. The monoisotopic (exact) mass is 330 g/mol. The Kier molecular flexibility index (Phi) is 4.86. The maximum atomic E-state index is 6.05. The van der Waals surface area contributed by atoms with Crippen molar-refractivity contribution in [2.75, 3.05) is 13.1 Å². The summed E-state index contributed by atoms with van der Waals surface area (Å²) in [6, 6.07) is 3.29. The van der Waals surface area contributed by atoms with Crippen LogP contribution in [0.3, 0.4) is 0 Å². The molecule has 1 fully saturated rings. The minimum absolute atomic E-state index is 0.387. The minimum atomic E-state index is 0.387. The Bertz CT molecular complexity index is 385. The molecular weight excluding hydrogens is 308 g/mol. The van der Waals surface area contributed by atoms with Crippen molar-refractivity contribution in [3.8, 4) is 0 Å². The van der Waals surface area contributed by atoms with E-state index in [2.05, 4.69) is 47.7 Å². The highest BCUT2D eigenvalue weighted by Gasteiger charge is 2.30. The van der Waals surface area contributed by atoms with Crippen LogP contribution in [0.2, 0.25) is 0 Å². The molecule has 3 atom stereocenters. The van der Waals surface area contributed by atoms with Crippen molar-refractivity contribution < 1.29 is 0 Å². The van der Waals surface area contributed by atoms with Gasteiger partial charge in [0.25, 0.3) is 0 Å². The van der Waals surface area contributed by atoms with Crippen LogP contribution in [0.4, 0.5) is 0 Å². The van der Waals surface area contributed by atoms with E-state index in [9.17, 15) is 0 Å². The van der Waals surface area contributed by atoms with Crippen molar-refractivity contribution in [1.29, 1.82) is 0 Å². The lowest BCUT2D eigenvalue weighted by molar-refractivity contribution is 0.0814. The van der Waals surface area contributed by atoms with E-state index >= 15 is 0 Å². The number of hydrogen-bond donors (Lipinski definition) is 1. The number of hydrogen-bond acceptors (Lipinski definition) is 3. The Morgan fingerprint density at radius 3 is 2.78 bits per heavy atom. The van der Waals surface area contributed by atoms with Gasteiger partial charge in [-0.3, -0.25) is 4.90 Å². The third kappa shape index (κ3) is 2.98. The summed E-state index contributed by atoms with van der Waals surface area (Å²) >= 11 is 5.49. The van der Waals surface area contributed by atoms with Gasteiger partial charge >= 0.3 is 0 Å². The molecule has 18 heavy (non-hydrogen) atoms. The van der Waals surface area contributed by atoms with E-state index in [4.69, 9.17) is 5.73 Å². The van der Waals surface area contributed by atoms with Crippen molar-refractivity contribution in [2.24, 2.45) is 11.7 Å². The zero-order chi connectivity index (χ0) is 13.3. The molecule has 0 radical (unpaired) electrons. The molecule has 1 aromatic heterocycles. The highest BCUT2D eigenvalue weighted by atomic mass is 79.9. The lowest BCUT2D eigenvalue weighted by Crippen LogP contribution is -2.45. The zero-order valence-corrected chi connectivity index (χ0v) is 13.9. The van der Waals surface area contributed by atoms with Gasteiger partial charge in [-0.1, -0.05) is 6.92 Å². The predicted octanol–water partition coefficient (Wildman–Crippen LogP) is 3.94. The van der Waals surface area contributed by atoms with E-state index in [0.29, 0.717) is 18.6 Å². The van der Waals surface area contributed by atoms with Crippen molar-refractivity contribution in [2.45, 2.75) is 45.7 Å². The number of thiophene rings is 1. The summed E-state index contributed by atoms with van der Waals surface area (Å²) in [7, 11) is 0. The van der Waals surface area contributed by atoms with Gasteiger partial charge in [0.15, 0.2) is 0 Å². The Labute approximate surface area is 123 Å². The minimum Gasteiger partial charge on any atom is -0.329 e. The van der Waals surface area contributed by atoms with Gasteiger partial charge < -0.3 is 5.73 Å². The maximum absolute atomic E-state index is 6.05. The molecule has 2 rings (SSSR count). The predicted molar refractivity (Wildman–Crippen MR) is 83.1 cm³/mol. The van der Waals surface area contributed by atoms with E-state index in [1.54, 1.807) is 0 Å². The fourth-order valence-corrected chi connectivity index (χ4v) is 4.51. The van der Waals surface area contributed by atoms with Gasteiger partial charge in [-0.15, -0.1) is 11.3 Å². The van der Waals surface area contributed by atoms with Crippen molar-refractivity contribution >= 4 is 27.3 Å². The fraction of sp³-hybridized carbons (Fsp3) is 0.714. The molecule has 2 N–H and O–H groups in total. The summed E-state index contributed by atoms with van der Waals surface area (Å²) in [6.07, 6.45) is 2.64. The molecule has 0 bridgehead atoms. The second-order valence-corrected chi connectivity index (χ2v) is 7.67. The van der Waals surface area contributed by atoms with Crippen LogP contribution in [0.5, 0.6) is 0 Å². The molecule has 0 amide bonds. The molecule has 0 aromatic carbocycles. The van der Waals surface area contributed by atoms with Gasteiger partial charge in [0.05, 0.1) is 6.04 Å². The molecule has 2 nitrogen and oxygen atoms in total. The summed E-state index contributed by atoms with van der Waals surface area (Å²) in [6.45, 7) is 8.74. The summed E-state index contributed by atoms with van der Waals surface area (Å²) < 4.78 is 1.22. The molecule has 0 aliphatic carbocycles. The first kappa shape index (κ1) is 14.5.